The molecule has 1 atom stereocenters. The first-order chi connectivity index (χ1) is 12.8. The van der Waals surface area contributed by atoms with Crippen molar-refractivity contribution in [2.45, 2.75) is 12.5 Å². The summed E-state index contributed by atoms with van der Waals surface area (Å²) in [5, 5.41) is 2.17. The molecule has 1 aromatic carbocycles. The Morgan fingerprint density at radius 3 is 2.63 bits per heavy atom. The Hall–Kier alpha value is -2.10. The van der Waals surface area contributed by atoms with Crippen LogP contribution in [0.3, 0.4) is 0 Å². The molecule has 146 valence electrons. The quantitative estimate of drug-likeness (QED) is 0.551. The molecule has 2 fully saturated rings. The second-order valence-electron chi connectivity index (χ2n) is 6.30. The Bertz CT molecular complexity index is 880. The Morgan fingerprint density at radius 2 is 1.96 bits per heavy atom. The van der Waals surface area contributed by atoms with Crippen LogP contribution in [-0.4, -0.2) is 63.5 Å². The summed E-state index contributed by atoms with van der Waals surface area (Å²) in [4.78, 5) is 18.2. The number of anilines is 2. The second kappa shape index (κ2) is 7.87. The summed E-state index contributed by atoms with van der Waals surface area (Å²) in [6.07, 6.45) is -1.01. The van der Waals surface area contributed by atoms with Crippen LogP contribution < -0.4 is 9.80 Å². The topological polar surface area (TPSA) is 79.3 Å². The van der Waals surface area contributed by atoms with Gasteiger partial charge in [-0.2, -0.15) is 0 Å². The third kappa shape index (κ3) is 4.42. The summed E-state index contributed by atoms with van der Waals surface area (Å²) in [5.41, 5.74) is -0.264. The van der Waals surface area contributed by atoms with Crippen LogP contribution in [0.1, 0.15) is 6.42 Å². The molecule has 0 bridgehead atoms. The van der Waals surface area contributed by atoms with E-state index in [1.165, 1.54) is 4.90 Å². The monoisotopic (exact) mass is 417 g/mol. The molecule has 0 N–H and O–H groups in total. The Balaban J connectivity index is 1.83. The first-order valence-corrected chi connectivity index (χ1v) is 10.5. The molecular weight excluding hydrogens is 400 g/mol. The van der Waals surface area contributed by atoms with Gasteiger partial charge in [0.1, 0.15) is 11.8 Å². The van der Waals surface area contributed by atoms with E-state index in [1.807, 2.05) is 0 Å². The summed E-state index contributed by atoms with van der Waals surface area (Å²) in [6.45, 7) is 0.450. The highest BCUT2D eigenvalue weighted by molar-refractivity contribution is 7.91. The summed E-state index contributed by atoms with van der Waals surface area (Å²) in [7, 11) is -3.21. The number of nitrogens with zero attached hydrogens (tertiary/aromatic N) is 3. The van der Waals surface area contributed by atoms with Crippen molar-refractivity contribution in [1.82, 2.24) is 0 Å². The number of amides is 1. The molecule has 11 heteroatoms. The maximum atomic E-state index is 14.6. The Kier molecular flexibility index (Phi) is 5.73. The molecule has 0 aromatic heterocycles. The van der Waals surface area contributed by atoms with Gasteiger partial charge in [0.2, 0.25) is 0 Å². The standard InChI is InChI=1S/C16H17F2N3O4S2/c17-13-6-11(21-9-12(8-19-10-26)25-16(21)22)7-14(18)15(13)20-2-1-4-27(23,24)5-3-20/h6-7,12H,1-5,8-9H2. The minimum absolute atomic E-state index is 0.00394. The van der Waals surface area contributed by atoms with Crippen LogP contribution in [0.5, 0.6) is 0 Å². The minimum atomic E-state index is -3.21. The number of ether oxygens (including phenoxy) is 1. The van der Waals surface area contributed by atoms with Crippen LogP contribution in [0.15, 0.2) is 17.1 Å². The molecular formula is C16H17F2N3O4S2. The van der Waals surface area contributed by atoms with E-state index in [9.17, 15) is 22.0 Å². The first-order valence-electron chi connectivity index (χ1n) is 8.27. The van der Waals surface area contributed by atoms with E-state index < -0.39 is 33.7 Å². The van der Waals surface area contributed by atoms with Crippen molar-refractivity contribution in [3.05, 3.63) is 23.8 Å². The number of aliphatic imine (C=N–C) groups is 1. The molecule has 2 aliphatic heterocycles. The van der Waals surface area contributed by atoms with Gasteiger partial charge in [0, 0.05) is 25.2 Å². The van der Waals surface area contributed by atoms with Gasteiger partial charge in [-0.1, -0.05) is 0 Å². The largest absolute Gasteiger partial charge is 0.442 e. The van der Waals surface area contributed by atoms with Gasteiger partial charge in [-0.25, -0.2) is 27.0 Å². The second-order valence-corrected chi connectivity index (χ2v) is 8.79. The molecule has 27 heavy (non-hydrogen) atoms. The SMILES string of the molecule is O=C1OC(CN=C=S)CN1c1cc(F)c(N2CCCS(=O)(=O)CC2)c(F)c1. The van der Waals surface area contributed by atoms with Crippen molar-refractivity contribution < 1.29 is 26.7 Å². The summed E-state index contributed by atoms with van der Waals surface area (Å²) in [5.74, 6) is -1.89. The number of cyclic esters (lactones) is 1. The zero-order valence-electron chi connectivity index (χ0n) is 14.2. The van der Waals surface area contributed by atoms with Crippen LogP contribution in [-0.2, 0) is 14.6 Å². The Morgan fingerprint density at radius 1 is 1.26 bits per heavy atom. The normalized spacial score (nSPS) is 22.1. The van der Waals surface area contributed by atoms with Crippen molar-refractivity contribution in [3.63, 3.8) is 0 Å². The van der Waals surface area contributed by atoms with E-state index >= 15 is 0 Å². The van der Waals surface area contributed by atoms with Gasteiger partial charge in [-0.15, -0.1) is 0 Å². The van der Waals surface area contributed by atoms with E-state index in [2.05, 4.69) is 22.4 Å². The molecule has 7 nitrogen and oxygen atoms in total. The molecule has 0 saturated carbocycles. The molecule has 0 aliphatic carbocycles. The van der Waals surface area contributed by atoms with Crippen molar-refractivity contribution >= 4 is 44.7 Å². The lowest BCUT2D eigenvalue weighted by Crippen LogP contribution is -2.29. The van der Waals surface area contributed by atoms with E-state index in [-0.39, 0.29) is 49.1 Å². The number of carbonyl (C=O) groups is 1. The van der Waals surface area contributed by atoms with E-state index in [1.54, 1.807) is 0 Å². The number of thiocarbonyl (C=S) groups is 1. The van der Waals surface area contributed by atoms with E-state index in [0.29, 0.717) is 6.42 Å². The van der Waals surface area contributed by atoms with Crippen LogP contribution in [0.25, 0.3) is 0 Å². The van der Waals surface area contributed by atoms with Crippen molar-refractivity contribution in [2.24, 2.45) is 4.99 Å². The van der Waals surface area contributed by atoms with Crippen molar-refractivity contribution in [2.75, 3.05) is 47.5 Å². The minimum Gasteiger partial charge on any atom is -0.442 e. The first kappa shape index (κ1) is 19.7. The lowest BCUT2D eigenvalue weighted by molar-refractivity contribution is 0.145. The number of hydrogen-bond acceptors (Lipinski definition) is 7. The lowest BCUT2D eigenvalue weighted by atomic mass is 10.2. The molecule has 1 aromatic rings. The van der Waals surface area contributed by atoms with Crippen molar-refractivity contribution in [3.8, 4) is 0 Å². The molecule has 1 amide bonds. The molecule has 2 aliphatic rings. The van der Waals surface area contributed by atoms with E-state index in [0.717, 1.165) is 17.0 Å². The van der Waals surface area contributed by atoms with Gasteiger partial charge in [0.25, 0.3) is 0 Å². The molecule has 0 spiro atoms. The van der Waals surface area contributed by atoms with Crippen molar-refractivity contribution in [1.29, 1.82) is 0 Å². The van der Waals surface area contributed by atoms with Gasteiger partial charge in [0.05, 0.1) is 35.4 Å². The van der Waals surface area contributed by atoms with Crippen LogP contribution in [0.4, 0.5) is 25.0 Å². The van der Waals surface area contributed by atoms with Gasteiger partial charge in [0.15, 0.2) is 21.5 Å². The Labute approximate surface area is 160 Å². The number of benzene rings is 1. The van der Waals surface area contributed by atoms with Gasteiger partial charge in [-0.05, 0) is 18.6 Å². The fourth-order valence-electron chi connectivity index (χ4n) is 3.14. The van der Waals surface area contributed by atoms with Gasteiger partial charge >= 0.3 is 6.09 Å². The molecule has 2 saturated heterocycles. The number of sulfone groups is 1. The number of carbonyl (C=O) groups excluding carboxylic acids is 1. The lowest BCUT2D eigenvalue weighted by Gasteiger charge is -2.24. The van der Waals surface area contributed by atoms with E-state index in [4.69, 9.17) is 4.74 Å². The molecule has 3 rings (SSSR count). The predicted molar refractivity (Wildman–Crippen MR) is 99.3 cm³/mol. The fourth-order valence-corrected chi connectivity index (χ4v) is 4.48. The smallest absolute Gasteiger partial charge is 0.414 e. The number of hydrogen-bond donors (Lipinski definition) is 0. The number of halogens is 2. The predicted octanol–water partition coefficient (Wildman–Crippen LogP) is 2.02. The maximum absolute atomic E-state index is 14.6. The zero-order valence-corrected chi connectivity index (χ0v) is 15.9. The zero-order chi connectivity index (χ0) is 19.6. The van der Waals surface area contributed by atoms with Gasteiger partial charge < -0.3 is 9.64 Å². The fraction of sp³-hybridized carbons (Fsp3) is 0.500. The third-order valence-corrected chi connectivity index (χ3v) is 6.26. The maximum Gasteiger partial charge on any atom is 0.414 e. The van der Waals surface area contributed by atoms with Crippen LogP contribution >= 0.6 is 12.2 Å². The van der Waals surface area contributed by atoms with Crippen LogP contribution in [0, 0.1) is 11.6 Å². The summed E-state index contributed by atoms with van der Waals surface area (Å²) in [6, 6.07) is 2.09. The highest BCUT2D eigenvalue weighted by Gasteiger charge is 2.33. The van der Waals surface area contributed by atoms with Gasteiger partial charge in [-0.3, -0.25) is 4.90 Å². The average Bonchev–Trinajstić information content (AvgIpc) is 2.87. The highest BCUT2D eigenvalue weighted by Crippen LogP contribution is 2.31. The number of isothiocyanates is 1. The summed E-state index contributed by atoms with van der Waals surface area (Å²) >= 11 is 4.46. The average molecular weight is 417 g/mol. The summed E-state index contributed by atoms with van der Waals surface area (Å²) < 4.78 is 57.8. The molecule has 2 heterocycles. The highest BCUT2D eigenvalue weighted by atomic mass is 32.2. The van der Waals surface area contributed by atoms with Crippen LogP contribution in [0.2, 0.25) is 0 Å². The molecule has 0 radical (unpaired) electrons. The number of rotatable bonds is 4. The third-order valence-electron chi connectivity index (χ3n) is 4.42. The molecule has 1 unspecified atom stereocenters.